The molecular formula is C8H16FNS. The smallest absolute Gasteiger partial charge is 0.0906 e. The van der Waals surface area contributed by atoms with E-state index in [2.05, 4.69) is 4.90 Å². The monoisotopic (exact) mass is 177 g/mol. The predicted octanol–water partition coefficient (Wildman–Crippen LogP) is 1.78. The molecular weight excluding hydrogens is 161 g/mol. The first kappa shape index (κ1) is 9.33. The van der Waals surface area contributed by atoms with Gasteiger partial charge in [-0.1, -0.05) is 0 Å². The maximum atomic E-state index is 11.8. The second kappa shape index (κ2) is 5.84. The molecule has 1 heterocycles. The maximum absolute atomic E-state index is 11.8. The van der Waals surface area contributed by atoms with Crippen LogP contribution in [0.15, 0.2) is 0 Å². The SMILES string of the molecule is FCCCN1CCCSCC1. The highest BCUT2D eigenvalue weighted by molar-refractivity contribution is 7.99. The van der Waals surface area contributed by atoms with Crippen molar-refractivity contribution in [1.29, 1.82) is 0 Å². The molecule has 66 valence electrons. The topological polar surface area (TPSA) is 3.24 Å². The fraction of sp³-hybridized carbons (Fsp3) is 1.00. The average Bonchev–Trinajstić information content (AvgIpc) is 2.28. The first-order valence-electron chi connectivity index (χ1n) is 4.29. The minimum absolute atomic E-state index is 0.163. The predicted molar refractivity (Wildman–Crippen MR) is 49.0 cm³/mol. The maximum Gasteiger partial charge on any atom is 0.0906 e. The molecule has 1 saturated heterocycles. The molecule has 3 heteroatoms. The third-order valence-electron chi connectivity index (χ3n) is 1.92. The molecule has 0 spiro atoms. The van der Waals surface area contributed by atoms with Crippen molar-refractivity contribution in [3.63, 3.8) is 0 Å². The van der Waals surface area contributed by atoms with Crippen LogP contribution >= 0.6 is 11.8 Å². The number of halogens is 1. The number of nitrogens with zero attached hydrogens (tertiary/aromatic N) is 1. The summed E-state index contributed by atoms with van der Waals surface area (Å²) < 4.78 is 11.8. The van der Waals surface area contributed by atoms with Crippen LogP contribution in [0, 0.1) is 0 Å². The van der Waals surface area contributed by atoms with E-state index in [1.807, 2.05) is 11.8 Å². The van der Waals surface area contributed by atoms with Crippen LogP contribution in [0.4, 0.5) is 4.39 Å². The molecule has 1 rings (SSSR count). The second-order valence-corrected chi connectivity index (χ2v) is 4.07. The van der Waals surface area contributed by atoms with Crippen LogP contribution in [-0.4, -0.2) is 42.7 Å². The highest BCUT2D eigenvalue weighted by Crippen LogP contribution is 2.09. The first-order valence-corrected chi connectivity index (χ1v) is 5.45. The van der Waals surface area contributed by atoms with Crippen LogP contribution in [0.5, 0.6) is 0 Å². The van der Waals surface area contributed by atoms with Crippen molar-refractivity contribution in [2.45, 2.75) is 12.8 Å². The molecule has 1 nitrogen and oxygen atoms in total. The second-order valence-electron chi connectivity index (χ2n) is 2.85. The standard InChI is InChI=1S/C8H16FNS/c9-3-1-4-10-5-2-7-11-8-6-10/h1-8H2. The van der Waals surface area contributed by atoms with E-state index < -0.39 is 0 Å². The van der Waals surface area contributed by atoms with Gasteiger partial charge in [-0.15, -0.1) is 0 Å². The molecule has 0 N–H and O–H groups in total. The molecule has 0 aromatic rings. The van der Waals surface area contributed by atoms with Crippen LogP contribution in [0.1, 0.15) is 12.8 Å². The summed E-state index contributed by atoms with van der Waals surface area (Å²) in [6.07, 6.45) is 1.99. The molecule has 0 radical (unpaired) electrons. The Hall–Kier alpha value is 0.240. The molecule has 0 amide bonds. The van der Waals surface area contributed by atoms with Crippen LogP contribution < -0.4 is 0 Å². The minimum Gasteiger partial charge on any atom is -0.302 e. The number of hydrogen-bond donors (Lipinski definition) is 0. The Balaban J connectivity index is 2.09. The minimum atomic E-state index is -0.163. The highest BCUT2D eigenvalue weighted by atomic mass is 32.2. The summed E-state index contributed by atoms with van der Waals surface area (Å²) in [5, 5.41) is 0. The highest BCUT2D eigenvalue weighted by Gasteiger charge is 2.07. The quantitative estimate of drug-likeness (QED) is 0.646. The van der Waals surface area contributed by atoms with Gasteiger partial charge in [0.1, 0.15) is 0 Å². The summed E-state index contributed by atoms with van der Waals surface area (Å²) in [7, 11) is 0. The summed E-state index contributed by atoms with van der Waals surface area (Å²) in [6, 6.07) is 0. The number of alkyl halides is 1. The summed E-state index contributed by atoms with van der Waals surface area (Å²) in [6.45, 7) is 3.12. The number of thioether (sulfide) groups is 1. The molecule has 0 atom stereocenters. The normalized spacial score (nSPS) is 21.5. The van der Waals surface area contributed by atoms with Crippen molar-refractivity contribution >= 4 is 11.8 Å². The van der Waals surface area contributed by atoms with Crippen molar-refractivity contribution in [2.75, 3.05) is 37.8 Å². The third kappa shape index (κ3) is 3.97. The molecule has 0 aromatic heterocycles. The van der Waals surface area contributed by atoms with Gasteiger partial charge in [-0.05, 0) is 25.1 Å². The Morgan fingerprint density at radius 3 is 3.00 bits per heavy atom. The van der Waals surface area contributed by atoms with Gasteiger partial charge in [-0.2, -0.15) is 11.8 Å². The van der Waals surface area contributed by atoms with Crippen LogP contribution in [0.25, 0.3) is 0 Å². The van der Waals surface area contributed by atoms with Crippen LogP contribution in [0.3, 0.4) is 0 Å². The number of hydrogen-bond acceptors (Lipinski definition) is 2. The van der Waals surface area contributed by atoms with Crippen molar-refractivity contribution in [1.82, 2.24) is 4.90 Å². The fourth-order valence-electron chi connectivity index (χ4n) is 1.30. The van der Waals surface area contributed by atoms with Gasteiger partial charge >= 0.3 is 0 Å². The van der Waals surface area contributed by atoms with E-state index in [1.165, 1.54) is 24.5 Å². The molecule has 1 aliphatic rings. The lowest BCUT2D eigenvalue weighted by atomic mass is 10.3. The lowest BCUT2D eigenvalue weighted by Gasteiger charge is -2.17. The van der Waals surface area contributed by atoms with Gasteiger partial charge in [-0.25, -0.2) is 0 Å². The van der Waals surface area contributed by atoms with Gasteiger partial charge in [0, 0.05) is 18.8 Å². The Bertz CT molecular complexity index is 92.1. The van der Waals surface area contributed by atoms with E-state index >= 15 is 0 Å². The Morgan fingerprint density at radius 1 is 1.27 bits per heavy atom. The molecule has 0 aliphatic carbocycles. The Kier molecular flexibility index (Phi) is 4.95. The van der Waals surface area contributed by atoms with Crippen molar-refractivity contribution < 1.29 is 4.39 Å². The Morgan fingerprint density at radius 2 is 2.18 bits per heavy atom. The summed E-state index contributed by atoms with van der Waals surface area (Å²) in [4.78, 5) is 2.37. The molecule has 0 aromatic carbocycles. The van der Waals surface area contributed by atoms with Gasteiger partial charge in [0.2, 0.25) is 0 Å². The van der Waals surface area contributed by atoms with E-state index in [0.717, 1.165) is 13.1 Å². The number of rotatable bonds is 3. The lowest BCUT2D eigenvalue weighted by Crippen LogP contribution is -2.27. The molecule has 0 unspecified atom stereocenters. The van der Waals surface area contributed by atoms with E-state index in [-0.39, 0.29) is 6.67 Å². The zero-order valence-corrected chi connectivity index (χ0v) is 7.71. The summed E-state index contributed by atoms with van der Waals surface area (Å²) >= 11 is 2.02. The lowest BCUT2D eigenvalue weighted by molar-refractivity contribution is 0.277. The zero-order chi connectivity index (χ0) is 7.94. The van der Waals surface area contributed by atoms with Crippen molar-refractivity contribution in [2.24, 2.45) is 0 Å². The fourth-order valence-corrected chi connectivity index (χ4v) is 2.23. The zero-order valence-electron chi connectivity index (χ0n) is 6.89. The van der Waals surface area contributed by atoms with E-state index in [0.29, 0.717) is 6.42 Å². The van der Waals surface area contributed by atoms with E-state index in [4.69, 9.17) is 0 Å². The molecule has 0 saturated carbocycles. The Labute approximate surface area is 72.3 Å². The summed E-state index contributed by atoms with van der Waals surface area (Å²) in [5.41, 5.74) is 0. The van der Waals surface area contributed by atoms with Crippen molar-refractivity contribution in [3.05, 3.63) is 0 Å². The first-order chi connectivity index (χ1) is 5.43. The molecule has 11 heavy (non-hydrogen) atoms. The van der Waals surface area contributed by atoms with Crippen LogP contribution in [-0.2, 0) is 0 Å². The molecule has 0 bridgehead atoms. The molecule has 1 fully saturated rings. The van der Waals surface area contributed by atoms with Gasteiger partial charge in [0.15, 0.2) is 0 Å². The van der Waals surface area contributed by atoms with E-state index in [9.17, 15) is 4.39 Å². The average molecular weight is 177 g/mol. The summed E-state index contributed by atoms with van der Waals surface area (Å²) in [5.74, 6) is 2.51. The third-order valence-corrected chi connectivity index (χ3v) is 2.97. The van der Waals surface area contributed by atoms with Gasteiger partial charge < -0.3 is 4.90 Å². The van der Waals surface area contributed by atoms with E-state index in [1.54, 1.807) is 0 Å². The molecule has 1 aliphatic heterocycles. The van der Waals surface area contributed by atoms with Gasteiger partial charge in [0.25, 0.3) is 0 Å². The van der Waals surface area contributed by atoms with Gasteiger partial charge in [0.05, 0.1) is 6.67 Å². The van der Waals surface area contributed by atoms with Crippen LogP contribution in [0.2, 0.25) is 0 Å². The largest absolute Gasteiger partial charge is 0.302 e. The van der Waals surface area contributed by atoms with Crippen molar-refractivity contribution in [3.8, 4) is 0 Å². The van der Waals surface area contributed by atoms with Gasteiger partial charge in [-0.3, -0.25) is 4.39 Å².